The van der Waals surface area contributed by atoms with Gasteiger partial charge in [0.25, 0.3) is 5.91 Å². The second-order valence-corrected chi connectivity index (χ2v) is 4.87. The van der Waals surface area contributed by atoms with Crippen LogP contribution in [0.25, 0.3) is 0 Å². The second-order valence-electron chi connectivity index (χ2n) is 3.83. The maximum absolute atomic E-state index is 11.9. The molecular weight excluding hydrogens is 268 g/mol. The summed E-state index contributed by atoms with van der Waals surface area (Å²) in [5, 5.41) is 18.9. The molecule has 2 heterocycles. The first-order valence-electron chi connectivity index (χ1n) is 5.60. The summed E-state index contributed by atoms with van der Waals surface area (Å²) in [5.41, 5.74) is 11.1. The summed E-state index contributed by atoms with van der Waals surface area (Å²) >= 11 is 1.23. The molecular formula is C9H14N8OS. The van der Waals surface area contributed by atoms with Crippen molar-refractivity contribution in [3.8, 4) is 0 Å². The van der Waals surface area contributed by atoms with Crippen LogP contribution < -0.4 is 16.8 Å². The molecule has 0 aromatic carbocycles. The minimum absolute atomic E-state index is 0.234. The Bertz CT molecular complexity index is 564. The Hall–Kier alpha value is -2.07. The molecule has 2 rings (SSSR count). The van der Waals surface area contributed by atoms with Crippen LogP contribution in [0.2, 0.25) is 0 Å². The average Bonchev–Trinajstić information content (AvgIpc) is 2.98. The topological polar surface area (TPSA) is 138 Å². The van der Waals surface area contributed by atoms with Gasteiger partial charge in [0.05, 0.1) is 18.8 Å². The number of rotatable bonds is 5. The molecule has 2 aromatic rings. The van der Waals surface area contributed by atoms with E-state index in [1.807, 2.05) is 0 Å². The van der Waals surface area contributed by atoms with E-state index in [9.17, 15) is 4.79 Å². The normalized spacial score (nSPS) is 12.3. The fraction of sp³-hybridized carbons (Fsp3) is 0.444. The van der Waals surface area contributed by atoms with Crippen LogP contribution >= 0.6 is 11.3 Å². The summed E-state index contributed by atoms with van der Waals surface area (Å²) in [5.74, 6) is -0.329. The van der Waals surface area contributed by atoms with Crippen molar-refractivity contribution >= 4 is 22.4 Å². The molecule has 0 aliphatic rings. The van der Waals surface area contributed by atoms with Gasteiger partial charge in [-0.1, -0.05) is 16.6 Å². The van der Waals surface area contributed by atoms with Gasteiger partial charge in [0.2, 0.25) is 5.13 Å². The van der Waals surface area contributed by atoms with Gasteiger partial charge in [0, 0.05) is 6.54 Å². The molecule has 2 aromatic heterocycles. The van der Waals surface area contributed by atoms with Crippen LogP contribution in [-0.2, 0) is 6.54 Å². The van der Waals surface area contributed by atoms with E-state index in [1.165, 1.54) is 16.0 Å². The van der Waals surface area contributed by atoms with E-state index in [0.717, 1.165) is 0 Å². The smallest absolute Gasteiger partial charge is 0.274 e. The maximum atomic E-state index is 11.9. The van der Waals surface area contributed by atoms with Crippen molar-refractivity contribution in [3.05, 3.63) is 16.9 Å². The fourth-order valence-electron chi connectivity index (χ4n) is 1.40. The quantitative estimate of drug-likeness (QED) is 0.650. The molecule has 9 nitrogen and oxygen atoms in total. The zero-order chi connectivity index (χ0) is 13.8. The Morgan fingerprint density at radius 3 is 2.95 bits per heavy atom. The first kappa shape index (κ1) is 13.4. The summed E-state index contributed by atoms with van der Waals surface area (Å²) in [4.78, 5) is 11.9. The Balaban J connectivity index is 1.99. The van der Waals surface area contributed by atoms with Gasteiger partial charge in [-0.3, -0.25) is 9.48 Å². The van der Waals surface area contributed by atoms with Crippen molar-refractivity contribution in [2.24, 2.45) is 5.73 Å². The number of nitrogens with two attached hydrogens (primary N) is 2. The molecule has 0 spiro atoms. The molecule has 1 atom stereocenters. The molecule has 0 saturated carbocycles. The van der Waals surface area contributed by atoms with Crippen LogP contribution in [0.3, 0.4) is 0 Å². The maximum Gasteiger partial charge on any atom is 0.274 e. The van der Waals surface area contributed by atoms with E-state index < -0.39 is 0 Å². The van der Waals surface area contributed by atoms with Crippen molar-refractivity contribution in [1.29, 1.82) is 0 Å². The van der Waals surface area contributed by atoms with Gasteiger partial charge >= 0.3 is 0 Å². The third-order valence-corrected chi connectivity index (χ3v) is 3.24. The number of hydrogen-bond donors (Lipinski definition) is 3. The van der Waals surface area contributed by atoms with Crippen LogP contribution in [0.15, 0.2) is 6.20 Å². The summed E-state index contributed by atoms with van der Waals surface area (Å²) in [6.45, 7) is 2.75. The highest BCUT2D eigenvalue weighted by Crippen LogP contribution is 2.18. The third kappa shape index (κ3) is 3.23. The number of nitrogen functional groups attached to an aromatic ring is 1. The van der Waals surface area contributed by atoms with Gasteiger partial charge in [-0.2, -0.15) is 0 Å². The van der Waals surface area contributed by atoms with Gasteiger partial charge in [0.15, 0.2) is 5.69 Å². The Morgan fingerprint density at radius 1 is 1.53 bits per heavy atom. The number of carbonyl (C=O) groups is 1. The lowest BCUT2D eigenvalue weighted by Gasteiger charge is -2.08. The Morgan fingerprint density at radius 2 is 2.32 bits per heavy atom. The molecule has 0 bridgehead atoms. The fourth-order valence-corrected chi connectivity index (χ4v) is 2.01. The van der Waals surface area contributed by atoms with E-state index in [-0.39, 0.29) is 17.6 Å². The SMILES string of the molecule is C[C@@H](NC(=O)c1cn(CCN)nn1)c1nnc(N)s1. The highest BCUT2D eigenvalue weighted by molar-refractivity contribution is 7.15. The molecule has 0 radical (unpaired) electrons. The zero-order valence-electron chi connectivity index (χ0n) is 10.3. The van der Waals surface area contributed by atoms with Gasteiger partial charge in [0.1, 0.15) is 5.01 Å². The predicted molar refractivity (Wildman–Crippen MR) is 69.3 cm³/mol. The summed E-state index contributed by atoms with van der Waals surface area (Å²) in [7, 11) is 0. The van der Waals surface area contributed by atoms with E-state index in [0.29, 0.717) is 23.2 Å². The summed E-state index contributed by atoms with van der Waals surface area (Å²) < 4.78 is 1.52. The van der Waals surface area contributed by atoms with Crippen LogP contribution in [0.5, 0.6) is 0 Å². The first-order chi connectivity index (χ1) is 9.10. The third-order valence-electron chi connectivity index (χ3n) is 2.30. The van der Waals surface area contributed by atoms with Gasteiger partial charge in [-0.05, 0) is 6.92 Å². The molecule has 1 amide bonds. The molecule has 0 aliphatic carbocycles. The Labute approximate surface area is 113 Å². The van der Waals surface area contributed by atoms with E-state index in [1.54, 1.807) is 13.1 Å². The van der Waals surface area contributed by atoms with Crippen LogP contribution in [0.4, 0.5) is 5.13 Å². The van der Waals surface area contributed by atoms with Crippen molar-refractivity contribution < 1.29 is 4.79 Å². The lowest BCUT2D eigenvalue weighted by atomic mass is 10.3. The van der Waals surface area contributed by atoms with Crippen LogP contribution in [0, 0.1) is 0 Å². The highest BCUT2D eigenvalue weighted by Gasteiger charge is 2.17. The molecule has 19 heavy (non-hydrogen) atoms. The monoisotopic (exact) mass is 282 g/mol. The number of nitrogens with one attached hydrogen (secondary N) is 1. The van der Waals surface area contributed by atoms with Crippen molar-refractivity contribution in [1.82, 2.24) is 30.5 Å². The molecule has 0 unspecified atom stereocenters. The minimum Gasteiger partial charge on any atom is -0.374 e. The van der Waals surface area contributed by atoms with Gasteiger partial charge in [-0.25, -0.2) is 0 Å². The number of amides is 1. The minimum atomic E-state index is -0.329. The van der Waals surface area contributed by atoms with E-state index in [4.69, 9.17) is 11.5 Å². The lowest BCUT2D eigenvalue weighted by Crippen LogP contribution is -2.27. The van der Waals surface area contributed by atoms with Gasteiger partial charge < -0.3 is 16.8 Å². The molecule has 0 aliphatic heterocycles. The van der Waals surface area contributed by atoms with E-state index in [2.05, 4.69) is 25.8 Å². The van der Waals surface area contributed by atoms with E-state index >= 15 is 0 Å². The average molecular weight is 282 g/mol. The molecule has 102 valence electrons. The highest BCUT2D eigenvalue weighted by atomic mass is 32.1. The number of carbonyl (C=O) groups excluding carboxylic acids is 1. The van der Waals surface area contributed by atoms with Crippen molar-refractivity contribution in [2.75, 3.05) is 12.3 Å². The number of aromatic nitrogens is 5. The summed E-state index contributed by atoms with van der Waals surface area (Å²) in [6.07, 6.45) is 1.55. The molecule has 0 fully saturated rings. The van der Waals surface area contributed by atoms with Gasteiger partial charge in [-0.15, -0.1) is 15.3 Å². The zero-order valence-corrected chi connectivity index (χ0v) is 11.1. The second kappa shape index (κ2) is 5.71. The standard InChI is InChI=1S/C9H14N8OS/c1-5(8-14-15-9(11)19-8)12-7(18)6-4-17(3-2-10)16-13-6/h4-5H,2-3,10H2,1H3,(H2,11,15)(H,12,18)/t5-/m1/s1. The number of nitrogens with zero attached hydrogens (tertiary/aromatic N) is 5. The largest absolute Gasteiger partial charge is 0.374 e. The molecule has 5 N–H and O–H groups in total. The van der Waals surface area contributed by atoms with Crippen LogP contribution in [0.1, 0.15) is 28.5 Å². The number of hydrogen-bond acceptors (Lipinski definition) is 8. The predicted octanol–water partition coefficient (Wildman–Crippen LogP) is -0.838. The van der Waals surface area contributed by atoms with Crippen molar-refractivity contribution in [3.63, 3.8) is 0 Å². The molecule has 10 heteroatoms. The first-order valence-corrected chi connectivity index (χ1v) is 6.41. The van der Waals surface area contributed by atoms with Crippen LogP contribution in [-0.4, -0.2) is 37.6 Å². The lowest BCUT2D eigenvalue weighted by molar-refractivity contribution is 0.0934. The Kier molecular flexibility index (Phi) is 4.02. The van der Waals surface area contributed by atoms with Crippen molar-refractivity contribution in [2.45, 2.75) is 19.5 Å². The summed E-state index contributed by atoms with van der Waals surface area (Å²) in [6, 6.07) is -0.290. The molecule has 0 saturated heterocycles. The number of anilines is 1.